The minimum absolute atomic E-state index is 0. The average Bonchev–Trinajstić information content (AvgIpc) is 2.55. The van der Waals surface area contributed by atoms with Crippen LogP contribution >= 0.6 is 12.4 Å². The maximum absolute atomic E-state index is 12.3. The van der Waals surface area contributed by atoms with Crippen LogP contribution < -0.4 is 14.8 Å². The molecule has 0 aliphatic carbocycles. The van der Waals surface area contributed by atoms with Crippen molar-refractivity contribution in [2.45, 2.75) is 32.9 Å². The third-order valence-electron chi connectivity index (χ3n) is 4.24. The summed E-state index contributed by atoms with van der Waals surface area (Å²) in [5.74, 6) is 1.18. The summed E-state index contributed by atoms with van der Waals surface area (Å²) in [5, 5.41) is 3.41. The summed E-state index contributed by atoms with van der Waals surface area (Å²) in [6, 6.07) is 5.16. The summed E-state index contributed by atoms with van der Waals surface area (Å²) in [4.78, 5) is 2.39. The number of rotatable bonds is 8. The normalized spacial score (nSPS) is 16.0. The van der Waals surface area contributed by atoms with Crippen molar-refractivity contribution < 1.29 is 18.3 Å². The van der Waals surface area contributed by atoms with Gasteiger partial charge in [0.1, 0.15) is 0 Å². The minimum Gasteiger partial charge on any atom is -0.493 e. The molecule has 0 unspecified atom stereocenters. The number of alkyl halides is 2. The average molecular weight is 365 g/mol. The Morgan fingerprint density at radius 1 is 1.25 bits per heavy atom. The summed E-state index contributed by atoms with van der Waals surface area (Å²) in [6.07, 6.45) is 2.38. The van der Waals surface area contributed by atoms with E-state index in [2.05, 4.69) is 21.9 Å². The molecule has 0 aromatic heterocycles. The Bertz CT molecular complexity index is 484. The van der Waals surface area contributed by atoms with Gasteiger partial charge in [0.05, 0.1) is 7.11 Å². The predicted octanol–water partition coefficient (Wildman–Crippen LogP) is 3.54. The quantitative estimate of drug-likeness (QED) is 0.765. The lowest BCUT2D eigenvalue weighted by Crippen LogP contribution is -2.36. The van der Waals surface area contributed by atoms with Crippen LogP contribution in [0.25, 0.3) is 0 Å². The van der Waals surface area contributed by atoms with Gasteiger partial charge in [-0.2, -0.15) is 8.78 Å². The van der Waals surface area contributed by atoms with Crippen LogP contribution in [0.5, 0.6) is 11.5 Å². The first-order chi connectivity index (χ1) is 11.1. The standard InChI is InChI=1S/C17H26F2N2O2.ClH/c1-3-20-11-13-6-8-21(9-7-13)12-14-4-5-15(23-17(18)19)16(10-14)22-2;/h4-5,10,13,17,20H,3,6-9,11-12H2,1-2H3;1H. The molecule has 1 aromatic carbocycles. The molecule has 0 spiro atoms. The molecular formula is C17H27ClF2N2O2. The molecule has 2 rings (SSSR count). The third kappa shape index (κ3) is 6.42. The molecule has 0 amide bonds. The highest BCUT2D eigenvalue weighted by Crippen LogP contribution is 2.30. The zero-order valence-electron chi connectivity index (χ0n) is 14.3. The van der Waals surface area contributed by atoms with Gasteiger partial charge in [-0.1, -0.05) is 13.0 Å². The van der Waals surface area contributed by atoms with Crippen LogP contribution in [-0.4, -0.2) is 44.8 Å². The molecule has 138 valence electrons. The highest BCUT2D eigenvalue weighted by atomic mass is 35.5. The largest absolute Gasteiger partial charge is 0.493 e. The molecule has 24 heavy (non-hydrogen) atoms. The van der Waals surface area contributed by atoms with Gasteiger partial charge >= 0.3 is 6.61 Å². The number of methoxy groups -OCH3 is 1. The second-order valence-corrected chi connectivity index (χ2v) is 5.89. The molecule has 0 radical (unpaired) electrons. The summed E-state index contributed by atoms with van der Waals surface area (Å²) in [5.41, 5.74) is 1.05. The van der Waals surface area contributed by atoms with Crippen molar-refractivity contribution in [3.63, 3.8) is 0 Å². The Morgan fingerprint density at radius 2 is 1.96 bits per heavy atom. The molecule has 0 saturated carbocycles. The molecule has 1 heterocycles. The second kappa shape index (κ2) is 10.7. The molecule has 1 aliphatic rings. The zero-order chi connectivity index (χ0) is 16.7. The monoisotopic (exact) mass is 364 g/mol. The van der Waals surface area contributed by atoms with E-state index in [1.807, 2.05) is 6.07 Å². The number of likely N-dealkylation sites (tertiary alicyclic amines) is 1. The van der Waals surface area contributed by atoms with Crippen molar-refractivity contribution in [2.24, 2.45) is 5.92 Å². The molecule has 1 N–H and O–H groups in total. The third-order valence-corrected chi connectivity index (χ3v) is 4.24. The molecule has 7 heteroatoms. The summed E-state index contributed by atoms with van der Waals surface area (Å²) in [6.45, 7) is 4.33. The Kier molecular flexibility index (Phi) is 9.33. The van der Waals surface area contributed by atoms with E-state index >= 15 is 0 Å². The fourth-order valence-corrected chi connectivity index (χ4v) is 2.96. The smallest absolute Gasteiger partial charge is 0.387 e. The van der Waals surface area contributed by atoms with Gasteiger partial charge in [-0.15, -0.1) is 12.4 Å². The highest BCUT2D eigenvalue weighted by Gasteiger charge is 2.19. The fraction of sp³-hybridized carbons (Fsp3) is 0.647. The summed E-state index contributed by atoms with van der Waals surface area (Å²) >= 11 is 0. The van der Waals surface area contributed by atoms with E-state index in [1.165, 1.54) is 20.0 Å². The molecule has 0 bridgehead atoms. The Balaban J connectivity index is 0.00000288. The Labute approximate surface area is 148 Å². The van der Waals surface area contributed by atoms with E-state index in [0.717, 1.165) is 44.2 Å². The van der Waals surface area contributed by atoms with Crippen LogP contribution in [0.1, 0.15) is 25.3 Å². The van der Waals surface area contributed by atoms with Crippen LogP contribution in [0.2, 0.25) is 0 Å². The molecule has 1 aliphatic heterocycles. The number of nitrogens with zero attached hydrogens (tertiary/aromatic N) is 1. The van der Waals surface area contributed by atoms with Gasteiger partial charge in [0.15, 0.2) is 11.5 Å². The number of benzene rings is 1. The van der Waals surface area contributed by atoms with Gasteiger partial charge in [-0.3, -0.25) is 4.90 Å². The number of hydrogen-bond acceptors (Lipinski definition) is 4. The number of piperidine rings is 1. The van der Waals surface area contributed by atoms with Crippen molar-refractivity contribution in [3.05, 3.63) is 23.8 Å². The van der Waals surface area contributed by atoms with Crippen LogP contribution in [0, 0.1) is 5.92 Å². The number of halogens is 3. The summed E-state index contributed by atoms with van der Waals surface area (Å²) < 4.78 is 34.3. The van der Waals surface area contributed by atoms with Crippen LogP contribution in [0.3, 0.4) is 0 Å². The topological polar surface area (TPSA) is 33.7 Å². The molecule has 0 atom stereocenters. The first-order valence-electron chi connectivity index (χ1n) is 8.17. The van der Waals surface area contributed by atoms with Gasteiger partial charge in [-0.25, -0.2) is 0 Å². The van der Waals surface area contributed by atoms with Crippen molar-refractivity contribution in [2.75, 3.05) is 33.3 Å². The van der Waals surface area contributed by atoms with E-state index in [0.29, 0.717) is 5.75 Å². The Hall–Kier alpha value is -1.11. The maximum atomic E-state index is 12.3. The zero-order valence-corrected chi connectivity index (χ0v) is 15.1. The first kappa shape index (κ1) is 20.9. The lowest BCUT2D eigenvalue weighted by molar-refractivity contribution is -0.0512. The number of nitrogens with one attached hydrogen (secondary N) is 1. The maximum Gasteiger partial charge on any atom is 0.387 e. The lowest BCUT2D eigenvalue weighted by atomic mass is 9.96. The minimum atomic E-state index is -2.84. The predicted molar refractivity (Wildman–Crippen MR) is 93.4 cm³/mol. The summed E-state index contributed by atoms with van der Waals surface area (Å²) in [7, 11) is 1.46. The van der Waals surface area contributed by atoms with Gasteiger partial charge in [-0.05, 0) is 62.6 Å². The van der Waals surface area contributed by atoms with E-state index in [9.17, 15) is 8.78 Å². The van der Waals surface area contributed by atoms with Crippen LogP contribution in [0.15, 0.2) is 18.2 Å². The SMILES string of the molecule is CCNCC1CCN(Cc2ccc(OC(F)F)c(OC)c2)CC1.Cl. The van der Waals surface area contributed by atoms with Gasteiger partial charge in [0.2, 0.25) is 0 Å². The number of hydrogen-bond donors (Lipinski definition) is 1. The molecule has 1 aromatic rings. The van der Waals surface area contributed by atoms with Gasteiger partial charge in [0.25, 0.3) is 0 Å². The first-order valence-corrected chi connectivity index (χ1v) is 8.17. The van der Waals surface area contributed by atoms with Crippen LogP contribution in [-0.2, 0) is 6.54 Å². The van der Waals surface area contributed by atoms with Gasteiger partial charge in [0, 0.05) is 6.54 Å². The molecule has 1 fully saturated rings. The van der Waals surface area contributed by atoms with E-state index in [1.54, 1.807) is 12.1 Å². The molecular weight excluding hydrogens is 338 g/mol. The lowest BCUT2D eigenvalue weighted by Gasteiger charge is -2.32. The fourth-order valence-electron chi connectivity index (χ4n) is 2.96. The van der Waals surface area contributed by atoms with Crippen molar-refractivity contribution >= 4 is 12.4 Å². The van der Waals surface area contributed by atoms with E-state index < -0.39 is 6.61 Å². The van der Waals surface area contributed by atoms with Crippen molar-refractivity contribution in [1.82, 2.24) is 10.2 Å². The second-order valence-electron chi connectivity index (χ2n) is 5.89. The molecule has 4 nitrogen and oxygen atoms in total. The Morgan fingerprint density at radius 3 is 2.54 bits per heavy atom. The van der Waals surface area contributed by atoms with Gasteiger partial charge < -0.3 is 14.8 Å². The van der Waals surface area contributed by atoms with Crippen molar-refractivity contribution in [1.29, 1.82) is 0 Å². The van der Waals surface area contributed by atoms with Crippen molar-refractivity contribution in [3.8, 4) is 11.5 Å². The number of ether oxygens (including phenoxy) is 2. The highest BCUT2D eigenvalue weighted by molar-refractivity contribution is 5.85. The van der Waals surface area contributed by atoms with E-state index in [-0.39, 0.29) is 18.2 Å². The van der Waals surface area contributed by atoms with Crippen LogP contribution in [0.4, 0.5) is 8.78 Å². The molecule has 1 saturated heterocycles. The van der Waals surface area contributed by atoms with E-state index in [4.69, 9.17) is 4.74 Å².